The van der Waals surface area contributed by atoms with Crippen molar-refractivity contribution in [1.29, 1.82) is 0 Å². The van der Waals surface area contributed by atoms with Crippen LogP contribution in [-0.4, -0.2) is 18.4 Å². The molecule has 0 radical (unpaired) electrons. The van der Waals surface area contributed by atoms with Gasteiger partial charge >= 0.3 is 0 Å². The Kier molecular flexibility index (Phi) is 3.88. The van der Waals surface area contributed by atoms with Crippen LogP contribution in [-0.2, 0) is 0 Å². The van der Waals surface area contributed by atoms with Gasteiger partial charge in [-0.05, 0) is 29.8 Å². The summed E-state index contributed by atoms with van der Waals surface area (Å²) in [5, 5.41) is 2.79. The lowest BCUT2D eigenvalue weighted by atomic mass is 10.2. The van der Waals surface area contributed by atoms with Crippen LogP contribution in [0.1, 0.15) is 6.92 Å². The highest BCUT2D eigenvalue weighted by molar-refractivity contribution is 5.55. The third-order valence-electron chi connectivity index (χ3n) is 1.87. The molecule has 0 saturated carbocycles. The Morgan fingerprint density at radius 2 is 2.31 bits per heavy atom. The van der Waals surface area contributed by atoms with Crippen LogP contribution in [0.2, 0.25) is 0 Å². The normalized spacial score (nSPS) is 9.62. The van der Waals surface area contributed by atoms with Gasteiger partial charge in [0.15, 0.2) is 5.75 Å². The Morgan fingerprint density at radius 1 is 1.62 bits per heavy atom. The summed E-state index contributed by atoms with van der Waals surface area (Å²) in [6.45, 7) is 5.90. The van der Waals surface area contributed by atoms with Gasteiger partial charge in [0.1, 0.15) is 19.3 Å². The summed E-state index contributed by atoms with van der Waals surface area (Å²) in [4.78, 5) is 10.4. The van der Waals surface area contributed by atoms with Gasteiger partial charge in [-0.2, -0.15) is 0 Å². The van der Waals surface area contributed by atoms with E-state index in [0.717, 1.165) is 10.3 Å². The maximum absolute atomic E-state index is 10.4. The van der Waals surface area contributed by atoms with Crippen LogP contribution in [0, 0.1) is 4.91 Å². The minimum Gasteiger partial charge on any atom is -0.500 e. The van der Waals surface area contributed by atoms with Gasteiger partial charge in [0.2, 0.25) is 5.69 Å². The van der Waals surface area contributed by atoms with E-state index in [-0.39, 0.29) is 5.69 Å². The highest BCUT2D eigenvalue weighted by atomic mass is 16.5. The van der Waals surface area contributed by atoms with E-state index >= 15 is 0 Å². The van der Waals surface area contributed by atoms with Crippen molar-refractivity contribution in [1.82, 2.24) is 0 Å². The van der Waals surface area contributed by atoms with E-state index in [9.17, 15) is 10.4 Å². The van der Waals surface area contributed by atoms with Crippen LogP contribution in [0.5, 0.6) is 5.75 Å². The van der Waals surface area contributed by atoms with Gasteiger partial charge in [0.05, 0.1) is 0 Å². The van der Waals surface area contributed by atoms with E-state index in [2.05, 4.69) is 11.8 Å². The minimum atomic E-state index is 0.235. The Bertz CT molecular complexity index is 441. The van der Waals surface area contributed by atoms with Crippen LogP contribution < -0.4 is 4.74 Å². The first-order valence-corrected chi connectivity index (χ1v) is 4.71. The van der Waals surface area contributed by atoms with Gasteiger partial charge in [0.25, 0.3) is 0 Å². The topological polar surface area (TPSA) is 64.0 Å². The van der Waals surface area contributed by atoms with Crippen LogP contribution in [0.25, 0.3) is 5.53 Å². The average Bonchev–Trinajstić information content (AvgIpc) is 2.25. The molecule has 0 aromatic heterocycles. The molecule has 0 aliphatic rings. The highest BCUT2D eigenvalue weighted by Gasteiger charge is 2.11. The number of nitrogens with zero attached hydrogens (tertiary/aromatic N) is 3. The maximum Gasteiger partial charge on any atom is 0.238 e. The van der Waals surface area contributed by atoms with Crippen molar-refractivity contribution in [3.05, 3.63) is 40.8 Å². The molecule has 1 aromatic rings. The monoisotopic (exact) mass is 219 g/mol. The van der Waals surface area contributed by atoms with Crippen LogP contribution in [0.15, 0.2) is 35.5 Å². The fourth-order valence-electron chi connectivity index (χ4n) is 1.14. The molecule has 0 aliphatic carbocycles. The first-order chi connectivity index (χ1) is 7.54. The largest absolute Gasteiger partial charge is 0.500 e. The molecule has 0 bridgehead atoms. The summed E-state index contributed by atoms with van der Waals surface area (Å²) in [7, 11) is 1.44. The van der Waals surface area contributed by atoms with E-state index in [0.29, 0.717) is 18.0 Å². The predicted molar refractivity (Wildman–Crippen MR) is 61.4 cm³/mol. The first-order valence-electron chi connectivity index (χ1n) is 4.71. The Morgan fingerprint density at radius 3 is 2.81 bits per heavy atom. The summed E-state index contributed by atoms with van der Waals surface area (Å²) < 4.78 is 6.29. The molecule has 0 saturated heterocycles. The van der Waals surface area contributed by atoms with Gasteiger partial charge in [-0.15, -0.1) is 4.91 Å². The lowest BCUT2D eigenvalue weighted by molar-refractivity contribution is -0.429. The van der Waals surface area contributed by atoms with Gasteiger partial charge in [-0.25, -0.2) is 0 Å². The second-order valence-electron chi connectivity index (χ2n) is 3.51. The van der Waals surface area contributed by atoms with E-state index < -0.39 is 0 Å². The van der Waals surface area contributed by atoms with Crippen molar-refractivity contribution < 1.29 is 9.43 Å². The minimum absolute atomic E-state index is 0.235. The van der Waals surface area contributed by atoms with Crippen LogP contribution in [0.3, 0.4) is 0 Å². The van der Waals surface area contributed by atoms with Crippen LogP contribution >= 0.6 is 0 Å². The SMILES string of the molecule is C=C(C)COc1ccc(N=O)cc1[N+](C)=[N-]. The van der Waals surface area contributed by atoms with Gasteiger partial charge in [-0.1, -0.05) is 6.58 Å². The van der Waals surface area contributed by atoms with Crippen molar-refractivity contribution in [2.45, 2.75) is 6.92 Å². The molecule has 1 aromatic carbocycles. The van der Waals surface area contributed by atoms with Gasteiger partial charge in [-0.3, -0.25) is 4.70 Å². The fourth-order valence-corrected chi connectivity index (χ4v) is 1.14. The quantitative estimate of drug-likeness (QED) is 0.330. The molecule has 0 spiro atoms. The number of nitroso groups, excluding NO2 is 1. The Balaban J connectivity index is 3.03. The molecule has 84 valence electrons. The second kappa shape index (κ2) is 5.16. The number of ether oxygens (including phenoxy) is 1. The van der Waals surface area contributed by atoms with Crippen molar-refractivity contribution >= 4 is 11.4 Å². The summed E-state index contributed by atoms with van der Waals surface area (Å²) in [6, 6.07) is 4.55. The summed E-state index contributed by atoms with van der Waals surface area (Å²) in [5.41, 5.74) is 10.9. The number of rotatable bonds is 5. The molecule has 0 amide bonds. The first kappa shape index (κ1) is 12.0. The zero-order valence-electron chi connectivity index (χ0n) is 9.30. The molecule has 1 rings (SSSR count). The molecule has 5 heteroatoms. The Labute approximate surface area is 93.8 Å². The zero-order chi connectivity index (χ0) is 12.1. The third-order valence-corrected chi connectivity index (χ3v) is 1.87. The second-order valence-corrected chi connectivity index (χ2v) is 3.51. The van der Waals surface area contributed by atoms with Crippen molar-refractivity contribution in [2.24, 2.45) is 5.18 Å². The van der Waals surface area contributed by atoms with Gasteiger partial charge in [0, 0.05) is 6.07 Å². The molecular weight excluding hydrogens is 206 g/mol. The van der Waals surface area contributed by atoms with E-state index in [1.54, 1.807) is 6.07 Å². The Hall–Kier alpha value is -2.04. The summed E-state index contributed by atoms with van der Waals surface area (Å²) in [6.07, 6.45) is 0. The molecule has 16 heavy (non-hydrogen) atoms. The van der Waals surface area contributed by atoms with E-state index in [1.807, 2.05) is 6.92 Å². The van der Waals surface area contributed by atoms with Gasteiger partial charge < -0.3 is 10.3 Å². The molecule has 0 atom stereocenters. The lowest BCUT2D eigenvalue weighted by Gasteiger charge is -2.09. The standard InChI is InChI=1S/C11H13N3O2/c1-8(2)7-16-11-5-4-9(13-15)6-10(11)14(3)12/h4-6H,1,7H2,2-3H3. The van der Waals surface area contributed by atoms with Crippen molar-refractivity contribution in [3.63, 3.8) is 0 Å². The summed E-state index contributed by atoms with van der Waals surface area (Å²) in [5.74, 6) is 0.473. The summed E-state index contributed by atoms with van der Waals surface area (Å²) >= 11 is 0. The fraction of sp³-hybridized carbons (Fsp3) is 0.273. The van der Waals surface area contributed by atoms with E-state index in [1.165, 1.54) is 19.2 Å². The molecule has 5 nitrogen and oxygen atoms in total. The molecule has 0 unspecified atom stereocenters. The number of benzene rings is 1. The lowest BCUT2D eigenvalue weighted by Crippen LogP contribution is -2.01. The zero-order valence-corrected chi connectivity index (χ0v) is 9.30. The average molecular weight is 219 g/mol. The number of hydrogen-bond acceptors (Lipinski definition) is 3. The maximum atomic E-state index is 10.4. The molecule has 0 aliphatic heterocycles. The smallest absolute Gasteiger partial charge is 0.238 e. The predicted octanol–water partition coefficient (Wildman–Crippen LogP) is 3.33. The highest BCUT2D eigenvalue weighted by Crippen LogP contribution is 2.31. The molecule has 0 N–H and O–H groups in total. The number of hydrogen-bond donors (Lipinski definition) is 0. The van der Waals surface area contributed by atoms with E-state index in [4.69, 9.17) is 4.74 Å². The van der Waals surface area contributed by atoms with Crippen LogP contribution in [0.4, 0.5) is 11.4 Å². The molecule has 0 heterocycles. The molecule has 0 fully saturated rings. The molecular formula is C11H13N3O2. The van der Waals surface area contributed by atoms with Crippen molar-refractivity contribution in [3.8, 4) is 5.75 Å². The van der Waals surface area contributed by atoms with Crippen molar-refractivity contribution in [2.75, 3.05) is 13.7 Å². The third kappa shape index (κ3) is 2.98.